The van der Waals surface area contributed by atoms with Crippen molar-refractivity contribution >= 4 is 27.8 Å². The zero-order valence-electron chi connectivity index (χ0n) is 16.0. The van der Waals surface area contributed by atoms with E-state index in [9.17, 15) is 18.0 Å². The molecule has 1 fully saturated rings. The molecule has 1 saturated carbocycles. The van der Waals surface area contributed by atoms with Gasteiger partial charge >= 0.3 is 6.03 Å². The number of methoxy groups -OCH3 is 1. The highest BCUT2D eigenvalue weighted by atomic mass is 32.2. The summed E-state index contributed by atoms with van der Waals surface area (Å²) in [7, 11) is -1.12. The van der Waals surface area contributed by atoms with Crippen molar-refractivity contribution in [2.45, 2.75) is 17.9 Å². The van der Waals surface area contributed by atoms with Crippen LogP contribution in [0.4, 0.5) is 10.5 Å². The van der Waals surface area contributed by atoms with Crippen molar-refractivity contribution in [2.75, 3.05) is 19.1 Å². The second-order valence-electron chi connectivity index (χ2n) is 6.80. The Labute approximate surface area is 169 Å². The van der Waals surface area contributed by atoms with Crippen molar-refractivity contribution in [2.24, 2.45) is 5.14 Å². The minimum atomic E-state index is -4.26. The average Bonchev–Trinajstić information content (AvgIpc) is 3.41. The number of hydrogen-bond donors (Lipinski definition) is 3. The van der Waals surface area contributed by atoms with Crippen LogP contribution < -0.4 is 24.8 Å². The molecule has 2 atom stereocenters. The number of nitrogens with zero attached hydrogens (tertiary/aromatic N) is 1. The second kappa shape index (κ2) is 7.72. The molecule has 0 aliphatic heterocycles. The number of ether oxygens (including phenoxy) is 1. The molecule has 2 aromatic carbocycles. The van der Waals surface area contributed by atoms with Gasteiger partial charge in [0, 0.05) is 18.7 Å². The number of carbonyl (C=O) groups is 2. The number of carbonyl (C=O) groups excluding carboxylic acids is 2. The number of amides is 3. The number of rotatable bonds is 6. The zero-order valence-corrected chi connectivity index (χ0v) is 16.8. The molecular formula is C19H22N4O5S. The Kier molecular flexibility index (Phi) is 5.49. The van der Waals surface area contributed by atoms with Gasteiger partial charge < -0.3 is 15.0 Å². The highest BCUT2D eigenvalue weighted by Gasteiger charge is 2.63. The third-order valence-electron chi connectivity index (χ3n) is 4.88. The SMILES string of the molecule is COc1ccc(N(C)C(=O)[C@]2(NC(=O)NS(N)(=O)=O)CC2c2ccccc2)cc1. The van der Waals surface area contributed by atoms with Gasteiger partial charge in [0.2, 0.25) is 0 Å². The van der Waals surface area contributed by atoms with Crippen LogP contribution in [0.15, 0.2) is 54.6 Å². The van der Waals surface area contributed by atoms with E-state index in [0.717, 1.165) is 5.56 Å². The number of anilines is 1. The number of nitrogens with two attached hydrogens (primary N) is 1. The second-order valence-corrected chi connectivity index (χ2v) is 8.10. The van der Waals surface area contributed by atoms with Crippen molar-refractivity contribution in [3.05, 3.63) is 60.2 Å². The van der Waals surface area contributed by atoms with Gasteiger partial charge in [0.25, 0.3) is 16.1 Å². The van der Waals surface area contributed by atoms with Gasteiger partial charge in [-0.25, -0.2) is 14.7 Å². The quantitative estimate of drug-likeness (QED) is 0.646. The maximum Gasteiger partial charge on any atom is 0.330 e. The van der Waals surface area contributed by atoms with Crippen LogP contribution in [0, 0.1) is 0 Å². The maximum atomic E-state index is 13.3. The fraction of sp³-hybridized carbons (Fsp3) is 0.263. The summed E-state index contributed by atoms with van der Waals surface area (Å²) in [5, 5.41) is 7.39. The molecular weight excluding hydrogens is 396 g/mol. The van der Waals surface area contributed by atoms with E-state index in [1.807, 2.05) is 30.3 Å². The summed E-state index contributed by atoms with van der Waals surface area (Å²) in [5.41, 5.74) is 0.174. The Hall–Kier alpha value is -3.11. The first-order valence-corrected chi connectivity index (χ1v) is 10.3. The van der Waals surface area contributed by atoms with Crippen LogP contribution in [0.25, 0.3) is 0 Å². The fourth-order valence-electron chi connectivity index (χ4n) is 3.36. The molecule has 1 unspecified atom stereocenters. The molecule has 29 heavy (non-hydrogen) atoms. The molecule has 0 spiro atoms. The Balaban J connectivity index is 1.88. The Bertz CT molecular complexity index is 1010. The largest absolute Gasteiger partial charge is 0.497 e. The molecule has 1 aliphatic rings. The van der Waals surface area contributed by atoms with Gasteiger partial charge in [-0.2, -0.15) is 8.42 Å². The van der Waals surface area contributed by atoms with Gasteiger partial charge in [-0.05, 0) is 36.2 Å². The Morgan fingerprint density at radius 1 is 1.14 bits per heavy atom. The van der Waals surface area contributed by atoms with Gasteiger partial charge in [0.05, 0.1) is 7.11 Å². The molecule has 3 amide bonds. The molecule has 0 heterocycles. The summed E-state index contributed by atoms with van der Waals surface area (Å²) < 4.78 is 29.1. The fourth-order valence-corrected chi connectivity index (χ4v) is 3.67. The number of urea groups is 1. The van der Waals surface area contributed by atoms with E-state index in [0.29, 0.717) is 17.9 Å². The predicted octanol–water partition coefficient (Wildman–Crippen LogP) is 1.09. The van der Waals surface area contributed by atoms with Crippen LogP contribution >= 0.6 is 0 Å². The van der Waals surface area contributed by atoms with E-state index in [-0.39, 0.29) is 11.8 Å². The number of hydrogen-bond acceptors (Lipinski definition) is 5. The molecule has 4 N–H and O–H groups in total. The summed E-state index contributed by atoms with van der Waals surface area (Å²) >= 11 is 0. The van der Waals surface area contributed by atoms with Crippen LogP contribution in [-0.4, -0.2) is 40.1 Å². The minimum absolute atomic E-state index is 0.303. The molecule has 0 bridgehead atoms. The van der Waals surface area contributed by atoms with E-state index in [1.165, 1.54) is 4.90 Å². The lowest BCUT2D eigenvalue weighted by molar-refractivity contribution is -0.121. The van der Waals surface area contributed by atoms with Crippen LogP contribution in [0.5, 0.6) is 5.75 Å². The van der Waals surface area contributed by atoms with Crippen molar-refractivity contribution in [3.8, 4) is 5.75 Å². The van der Waals surface area contributed by atoms with E-state index in [1.54, 1.807) is 43.1 Å². The molecule has 10 heteroatoms. The first-order chi connectivity index (χ1) is 13.7. The lowest BCUT2D eigenvalue weighted by atomic mass is 10.0. The summed E-state index contributed by atoms with van der Waals surface area (Å²) in [4.78, 5) is 26.9. The maximum absolute atomic E-state index is 13.3. The zero-order chi connectivity index (χ0) is 21.2. The average molecular weight is 418 g/mol. The van der Waals surface area contributed by atoms with Gasteiger partial charge in [0.15, 0.2) is 0 Å². The molecule has 3 rings (SSSR count). The van der Waals surface area contributed by atoms with E-state index >= 15 is 0 Å². The molecule has 9 nitrogen and oxygen atoms in total. The molecule has 154 valence electrons. The number of likely N-dealkylation sites (N-methyl/N-ethyl adjacent to an activating group) is 1. The van der Waals surface area contributed by atoms with Crippen LogP contribution in [0.2, 0.25) is 0 Å². The first-order valence-electron chi connectivity index (χ1n) is 8.76. The lowest BCUT2D eigenvalue weighted by Crippen LogP contribution is -2.55. The lowest BCUT2D eigenvalue weighted by Gasteiger charge is -2.26. The molecule has 2 aromatic rings. The highest BCUT2D eigenvalue weighted by Crippen LogP contribution is 2.52. The smallest absolute Gasteiger partial charge is 0.330 e. The Morgan fingerprint density at radius 3 is 2.31 bits per heavy atom. The molecule has 0 aromatic heterocycles. The van der Waals surface area contributed by atoms with Crippen molar-refractivity contribution < 1.29 is 22.7 Å². The van der Waals surface area contributed by atoms with E-state index in [2.05, 4.69) is 5.32 Å². The van der Waals surface area contributed by atoms with Gasteiger partial charge in [-0.3, -0.25) is 4.79 Å². The molecule has 0 saturated heterocycles. The number of nitrogens with one attached hydrogen (secondary N) is 2. The summed E-state index contributed by atoms with van der Waals surface area (Å²) in [6.45, 7) is 0. The van der Waals surface area contributed by atoms with Gasteiger partial charge in [-0.1, -0.05) is 30.3 Å². The normalized spacial score (nSPS) is 20.4. The standard InChI is InChI=1S/C19H22N4O5S/c1-23(14-8-10-15(28-2)11-9-14)17(24)19(21-18(25)22-29(20,26)27)12-16(19)13-6-4-3-5-7-13/h3-11,16H,12H2,1-2H3,(H2,20,26,27)(H2,21,22,25)/t16?,19-/m0/s1. The van der Waals surface area contributed by atoms with Crippen molar-refractivity contribution in [1.29, 1.82) is 0 Å². The van der Waals surface area contributed by atoms with E-state index < -0.39 is 21.8 Å². The van der Waals surface area contributed by atoms with Crippen molar-refractivity contribution in [3.63, 3.8) is 0 Å². The summed E-state index contributed by atoms with van der Waals surface area (Å²) in [6, 6.07) is 15.0. The number of benzene rings is 2. The third-order valence-corrected chi connectivity index (χ3v) is 5.35. The molecule has 1 aliphatic carbocycles. The monoisotopic (exact) mass is 418 g/mol. The van der Waals surface area contributed by atoms with Crippen molar-refractivity contribution in [1.82, 2.24) is 10.0 Å². The summed E-state index contributed by atoms with van der Waals surface area (Å²) in [6.07, 6.45) is 0.328. The van der Waals surface area contributed by atoms with Crippen LogP contribution in [0.3, 0.4) is 0 Å². The first kappa shape index (κ1) is 20.6. The van der Waals surface area contributed by atoms with Gasteiger partial charge in [0.1, 0.15) is 11.3 Å². The topological polar surface area (TPSA) is 131 Å². The van der Waals surface area contributed by atoms with Gasteiger partial charge in [-0.15, -0.1) is 0 Å². The molecule has 0 radical (unpaired) electrons. The third kappa shape index (κ3) is 4.49. The Morgan fingerprint density at radius 2 is 1.76 bits per heavy atom. The minimum Gasteiger partial charge on any atom is -0.497 e. The summed E-state index contributed by atoms with van der Waals surface area (Å²) in [5.74, 6) is -0.0345. The predicted molar refractivity (Wildman–Crippen MR) is 108 cm³/mol. The van der Waals surface area contributed by atoms with Crippen LogP contribution in [-0.2, 0) is 15.0 Å². The van der Waals surface area contributed by atoms with E-state index in [4.69, 9.17) is 9.88 Å². The van der Waals surface area contributed by atoms with Crippen LogP contribution in [0.1, 0.15) is 17.9 Å². The highest BCUT2D eigenvalue weighted by molar-refractivity contribution is 7.87.